The number of carbonyl (C=O) groups is 1. The van der Waals surface area contributed by atoms with E-state index in [2.05, 4.69) is 10.4 Å². The van der Waals surface area contributed by atoms with E-state index in [1.165, 1.54) is 4.68 Å². The summed E-state index contributed by atoms with van der Waals surface area (Å²) in [5.74, 6) is -0.111. The molecule has 1 rings (SSSR count). The van der Waals surface area contributed by atoms with Gasteiger partial charge in [-0.15, -0.1) is 0 Å². The van der Waals surface area contributed by atoms with Gasteiger partial charge in [-0.2, -0.15) is 5.10 Å². The summed E-state index contributed by atoms with van der Waals surface area (Å²) in [4.78, 5) is 10.9. The van der Waals surface area contributed by atoms with Gasteiger partial charge in [-0.05, 0) is 6.07 Å². The third kappa shape index (κ3) is 1.00. The SMILES string of the molecule is CNC(=O)c1ccnn1C. The Morgan fingerprint density at radius 2 is 2.50 bits per heavy atom. The van der Waals surface area contributed by atoms with Crippen LogP contribution in [0.5, 0.6) is 0 Å². The van der Waals surface area contributed by atoms with Crippen molar-refractivity contribution in [3.05, 3.63) is 18.0 Å². The van der Waals surface area contributed by atoms with Gasteiger partial charge in [0, 0.05) is 20.3 Å². The van der Waals surface area contributed by atoms with Crippen LogP contribution in [0.1, 0.15) is 10.5 Å². The third-order valence-corrected chi connectivity index (χ3v) is 1.28. The van der Waals surface area contributed by atoms with Crippen LogP contribution in [0.3, 0.4) is 0 Å². The van der Waals surface area contributed by atoms with E-state index in [9.17, 15) is 4.79 Å². The number of aryl methyl sites for hydroxylation is 1. The highest BCUT2D eigenvalue weighted by Crippen LogP contribution is 1.93. The molecule has 0 saturated carbocycles. The smallest absolute Gasteiger partial charge is 0.269 e. The van der Waals surface area contributed by atoms with Crippen LogP contribution >= 0.6 is 0 Å². The maximum Gasteiger partial charge on any atom is 0.269 e. The summed E-state index contributed by atoms with van der Waals surface area (Å²) >= 11 is 0. The summed E-state index contributed by atoms with van der Waals surface area (Å²) in [6.07, 6.45) is 1.59. The first-order valence-corrected chi connectivity index (χ1v) is 2.96. The number of carbonyl (C=O) groups excluding carboxylic acids is 1. The molecule has 0 aliphatic heterocycles. The molecule has 0 fully saturated rings. The molecule has 1 aromatic heterocycles. The van der Waals surface area contributed by atoms with Gasteiger partial charge in [-0.1, -0.05) is 0 Å². The number of hydrogen-bond donors (Lipinski definition) is 1. The zero-order valence-corrected chi connectivity index (χ0v) is 5.96. The molecule has 0 aliphatic carbocycles. The number of amides is 1. The number of rotatable bonds is 1. The van der Waals surface area contributed by atoms with Gasteiger partial charge in [-0.25, -0.2) is 0 Å². The maximum atomic E-state index is 10.9. The van der Waals surface area contributed by atoms with Crippen molar-refractivity contribution in [2.45, 2.75) is 0 Å². The molecule has 0 spiro atoms. The average Bonchev–Trinajstić information content (AvgIpc) is 2.34. The lowest BCUT2D eigenvalue weighted by Gasteiger charge is -1.97. The predicted octanol–water partition coefficient (Wildman–Crippen LogP) is -0.220. The van der Waals surface area contributed by atoms with Crippen molar-refractivity contribution in [3.8, 4) is 0 Å². The second-order valence-electron chi connectivity index (χ2n) is 1.92. The molecule has 1 aromatic rings. The molecule has 0 unspecified atom stereocenters. The van der Waals surface area contributed by atoms with E-state index >= 15 is 0 Å². The molecule has 4 nitrogen and oxygen atoms in total. The first-order valence-electron chi connectivity index (χ1n) is 2.96. The summed E-state index contributed by atoms with van der Waals surface area (Å²) in [5, 5.41) is 6.35. The zero-order valence-electron chi connectivity index (χ0n) is 5.96. The monoisotopic (exact) mass is 139 g/mol. The van der Waals surface area contributed by atoms with Crippen molar-refractivity contribution in [2.24, 2.45) is 7.05 Å². The minimum absolute atomic E-state index is 0.111. The molecule has 0 aliphatic rings. The summed E-state index contributed by atoms with van der Waals surface area (Å²) in [5.41, 5.74) is 0.572. The highest BCUT2D eigenvalue weighted by atomic mass is 16.1. The van der Waals surface area contributed by atoms with Crippen LogP contribution in [0.2, 0.25) is 0 Å². The fourth-order valence-corrected chi connectivity index (χ4v) is 0.725. The number of nitrogens with one attached hydrogen (secondary N) is 1. The average molecular weight is 139 g/mol. The largest absolute Gasteiger partial charge is 0.354 e. The van der Waals surface area contributed by atoms with Gasteiger partial charge < -0.3 is 5.32 Å². The Kier molecular flexibility index (Phi) is 1.71. The zero-order chi connectivity index (χ0) is 7.56. The summed E-state index contributed by atoms with van der Waals surface area (Å²) in [7, 11) is 3.32. The summed E-state index contributed by atoms with van der Waals surface area (Å²) in [6.45, 7) is 0. The van der Waals surface area contributed by atoms with Crippen molar-refractivity contribution >= 4 is 5.91 Å². The fourth-order valence-electron chi connectivity index (χ4n) is 0.725. The molecule has 4 heteroatoms. The van der Waals surface area contributed by atoms with Crippen LogP contribution in [-0.2, 0) is 7.05 Å². The van der Waals surface area contributed by atoms with E-state index in [1.54, 1.807) is 26.4 Å². The molecule has 1 amide bonds. The Morgan fingerprint density at radius 3 is 2.90 bits per heavy atom. The standard InChI is InChI=1S/C6H9N3O/c1-7-6(10)5-3-4-8-9(5)2/h3-4H,1-2H3,(H,7,10). The lowest BCUT2D eigenvalue weighted by atomic mass is 10.4. The number of nitrogens with zero attached hydrogens (tertiary/aromatic N) is 2. The first-order chi connectivity index (χ1) is 4.75. The van der Waals surface area contributed by atoms with E-state index in [1.807, 2.05) is 0 Å². The molecule has 0 aromatic carbocycles. The molecule has 1 heterocycles. The van der Waals surface area contributed by atoms with Gasteiger partial charge in [-0.3, -0.25) is 9.48 Å². The van der Waals surface area contributed by atoms with Crippen molar-refractivity contribution in [1.82, 2.24) is 15.1 Å². The van der Waals surface area contributed by atoms with Crippen LogP contribution in [-0.4, -0.2) is 22.7 Å². The topological polar surface area (TPSA) is 46.9 Å². The van der Waals surface area contributed by atoms with Crippen molar-refractivity contribution < 1.29 is 4.79 Å². The Hall–Kier alpha value is -1.32. The van der Waals surface area contributed by atoms with E-state index < -0.39 is 0 Å². The maximum absolute atomic E-state index is 10.9. The third-order valence-electron chi connectivity index (χ3n) is 1.28. The minimum Gasteiger partial charge on any atom is -0.354 e. The van der Waals surface area contributed by atoms with Gasteiger partial charge in [0.05, 0.1) is 0 Å². The Labute approximate surface area is 58.8 Å². The van der Waals surface area contributed by atoms with Gasteiger partial charge in [0.1, 0.15) is 5.69 Å². The normalized spacial score (nSPS) is 9.40. The second kappa shape index (κ2) is 2.51. The number of hydrogen-bond acceptors (Lipinski definition) is 2. The lowest BCUT2D eigenvalue weighted by molar-refractivity contribution is 0.0954. The first kappa shape index (κ1) is 6.80. The summed E-state index contributed by atoms with van der Waals surface area (Å²) in [6, 6.07) is 1.67. The fraction of sp³-hybridized carbons (Fsp3) is 0.333. The minimum atomic E-state index is -0.111. The molecule has 10 heavy (non-hydrogen) atoms. The molecule has 0 bridgehead atoms. The van der Waals surface area contributed by atoms with Crippen molar-refractivity contribution in [1.29, 1.82) is 0 Å². The van der Waals surface area contributed by atoms with E-state index in [-0.39, 0.29) is 5.91 Å². The molecular weight excluding hydrogens is 130 g/mol. The Morgan fingerprint density at radius 1 is 1.80 bits per heavy atom. The molecule has 0 radical (unpaired) electrons. The van der Waals surface area contributed by atoms with Crippen LogP contribution in [0, 0.1) is 0 Å². The molecular formula is C6H9N3O. The Balaban J connectivity index is 2.93. The van der Waals surface area contributed by atoms with Gasteiger partial charge in [0.2, 0.25) is 0 Å². The number of aromatic nitrogens is 2. The van der Waals surface area contributed by atoms with Gasteiger partial charge in [0.25, 0.3) is 5.91 Å². The highest BCUT2D eigenvalue weighted by molar-refractivity contribution is 5.92. The van der Waals surface area contributed by atoms with Gasteiger partial charge in [0.15, 0.2) is 0 Å². The van der Waals surface area contributed by atoms with Crippen molar-refractivity contribution in [3.63, 3.8) is 0 Å². The Bertz CT molecular complexity index is 241. The molecule has 54 valence electrons. The lowest BCUT2D eigenvalue weighted by Crippen LogP contribution is -2.20. The van der Waals surface area contributed by atoms with Gasteiger partial charge >= 0.3 is 0 Å². The van der Waals surface area contributed by atoms with E-state index in [0.717, 1.165) is 0 Å². The highest BCUT2D eigenvalue weighted by Gasteiger charge is 2.05. The van der Waals surface area contributed by atoms with E-state index in [0.29, 0.717) is 5.69 Å². The quantitative estimate of drug-likeness (QED) is 0.584. The predicted molar refractivity (Wildman–Crippen MR) is 36.6 cm³/mol. The second-order valence-corrected chi connectivity index (χ2v) is 1.92. The van der Waals surface area contributed by atoms with Crippen molar-refractivity contribution in [2.75, 3.05) is 7.05 Å². The summed E-state index contributed by atoms with van der Waals surface area (Å²) < 4.78 is 1.53. The molecule has 1 N–H and O–H groups in total. The van der Waals surface area contributed by atoms with Crippen LogP contribution in [0.15, 0.2) is 12.3 Å². The molecule has 0 atom stereocenters. The van der Waals surface area contributed by atoms with Crippen LogP contribution in [0.4, 0.5) is 0 Å². The van der Waals surface area contributed by atoms with Crippen LogP contribution < -0.4 is 5.32 Å². The molecule has 0 saturated heterocycles. The van der Waals surface area contributed by atoms with Crippen LogP contribution in [0.25, 0.3) is 0 Å². The van der Waals surface area contributed by atoms with E-state index in [4.69, 9.17) is 0 Å².